The molecule has 0 radical (unpaired) electrons. The summed E-state index contributed by atoms with van der Waals surface area (Å²) in [5.74, 6) is -0.524. The Kier molecular flexibility index (Phi) is 3.24. The molecular formula is C16H13N3O3S. The van der Waals surface area contributed by atoms with Crippen molar-refractivity contribution >= 4 is 22.2 Å². The minimum atomic E-state index is -0.697. The van der Waals surface area contributed by atoms with Crippen molar-refractivity contribution in [1.29, 1.82) is 0 Å². The Morgan fingerprint density at radius 3 is 3.09 bits per heavy atom. The Bertz CT molecular complexity index is 962. The number of nitrogens with one attached hydrogen (secondary N) is 1. The van der Waals surface area contributed by atoms with E-state index in [0.717, 1.165) is 11.1 Å². The number of carbonyl (C=O) groups excluding carboxylic acids is 1. The molecule has 7 heteroatoms. The van der Waals surface area contributed by atoms with Crippen molar-refractivity contribution in [3.8, 4) is 0 Å². The highest BCUT2D eigenvalue weighted by Crippen LogP contribution is 2.31. The van der Waals surface area contributed by atoms with Crippen molar-refractivity contribution in [1.82, 2.24) is 14.7 Å². The first kappa shape index (κ1) is 14.1. The van der Waals surface area contributed by atoms with Crippen LogP contribution in [-0.4, -0.2) is 26.5 Å². The van der Waals surface area contributed by atoms with E-state index in [1.54, 1.807) is 11.6 Å². The fourth-order valence-corrected chi connectivity index (χ4v) is 3.62. The summed E-state index contributed by atoms with van der Waals surface area (Å²) in [5.41, 5.74) is 1.46. The molecule has 23 heavy (non-hydrogen) atoms. The summed E-state index contributed by atoms with van der Waals surface area (Å²) in [4.78, 5) is 29.5. The number of rotatable bonds is 2. The highest BCUT2D eigenvalue weighted by Gasteiger charge is 2.32. The average Bonchev–Trinajstić information content (AvgIpc) is 3.13. The lowest BCUT2D eigenvalue weighted by Gasteiger charge is -2.17. The van der Waals surface area contributed by atoms with E-state index in [9.17, 15) is 14.7 Å². The topological polar surface area (TPSA) is 83.7 Å². The Balaban J connectivity index is 1.67. The highest BCUT2D eigenvalue weighted by molar-refractivity contribution is 7.15. The first-order chi connectivity index (χ1) is 11.1. The van der Waals surface area contributed by atoms with Gasteiger partial charge >= 0.3 is 0 Å². The summed E-state index contributed by atoms with van der Waals surface area (Å²) < 4.78 is 1.35. The number of thiazole rings is 1. The normalized spacial score (nSPS) is 19.7. The van der Waals surface area contributed by atoms with Gasteiger partial charge in [0.25, 0.3) is 11.5 Å². The van der Waals surface area contributed by atoms with E-state index in [-0.39, 0.29) is 5.56 Å². The zero-order valence-corrected chi connectivity index (χ0v) is 12.8. The Morgan fingerprint density at radius 2 is 2.22 bits per heavy atom. The molecule has 6 nitrogen and oxygen atoms in total. The number of carbonyl (C=O) groups is 1. The van der Waals surface area contributed by atoms with Crippen molar-refractivity contribution < 1.29 is 9.90 Å². The van der Waals surface area contributed by atoms with Crippen LogP contribution in [0, 0.1) is 0 Å². The predicted octanol–water partition coefficient (Wildman–Crippen LogP) is 1.14. The molecule has 0 spiro atoms. The molecule has 0 fully saturated rings. The maximum Gasteiger partial charge on any atom is 0.271 e. The summed E-state index contributed by atoms with van der Waals surface area (Å²) in [6, 6.07) is 7.06. The molecule has 1 aliphatic rings. The van der Waals surface area contributed by atoms with Gasteiger partial charge in [-0.15, -0.1) is 11.3 Å². The third-order valence-corrected chi connectivity index (χ3v) is 4.85. The molecule has 3 aromatic rings. The molecule has 1 amide bonds. The highest BCUT2D eigenvalue weighted by atomic mass is 32.1. The Morgan fingerprint density at radius 1 is 1.39 bits per heavy atom. The van der Waals surface area contributed by atoms with E-state index in [4.69, 9.17) is 0 Å². The van der Waals surface area contributed by atoms with E-state index in [1.165, 1.54) is 21.9 Å². The molecule has 0 saturated carbocycles. The number of hydrogen-bond acceptors (Lipinski definition) is 5. The number of benzene rings is 1. The van der Waals surface area contributed by atoms with Gasteiger partial charge in [0.2, 0.25) is 0 Å². The van der Waals surface area contributed by atoms with Gasteiger partial charge in [-0.05, 0) is 11.1 Å². The van der Waals surface area contributed by atoms with Gasteiger partial charge < -0.3 is 10.4 Å². The largest absolute Gasteiger partial charge is 0.390 e. The third-order valence-electron chi connectivity index (χ3n) is 4.08. The SMILES string of the molecule is O=C(N[C@H]1c2ccccc2C[C@H]1O)c1cnc2sccn2c1=O. The number of hydrogen-bond donors (Lipinski definition) is 2. The van der Waals surface area contributed by atoms with Gasteiger partial charge in [0.15, 0.2) is 4.96 Å². The molecule has 2 aromatic heterocycles. The molecule has 2 N–H and O–H groups in total. The van der Waals surface area contributed by atoms with Crippen LogP contribution in [0.1, 0.15) is 27.5 Å². The summed E-state index contributed by atoms with van der Waals surface area (Å²) in [6.07, 6.45) is 2.67. The standard InChI is InChI=1S/C16H13N3O3S/c20-12-7-9-3-1-2-4-10(9)13(12)18-14(21)11-8-17-16-19(15(11)22)5-6-23-16/h1-6,8,12-13,20H,7H2,(H,18,21)/t12-,13+/m1/s1. The zero-order valence-electron chi connectivity index (χ0n) is 12.0. The van der Waals surface area contributed by atoms with Crippen molar-refractivity contribution in [3.05, 3.63) is 69.1 Å². The van der Waals surface area contributed by atoms with Gasteiger partial charge in [-0.3, -0.25) is 14.0 Å². The Hall–Kier alpha value is -2.51. The number of fused-ring (bicyclic) bond motifs is 2. The fourth-order valence-electron chi connectivity index (χ4n) is 2.95. The number of aliphatic hydroxyl groups is 1. The van der Waals surface area contributed by atoms with Crippen LogP contribution in [-0.2, 0) is 6.42 Å². The molecular weight excluding hydrogens is 314 g/mol. The lowest BCUT2D eigenvalue weighted by atomic mass is 10.1. The second kappa shape index (κ2) is 5.29. The molecule has 0 unspecified atom stereocenters. The van der Waals surface area contributed by atoms with Crippen molar-refractivity contribution in [3.63, 3.8) is 0 Å². The minimum absolute atomic E-state index is 0.0301. The molecule has 116 valence electrons. The molecule has 1 aliphatic carbocycles. The summed E-state index contributed by atoms with van der Waals surface area (Å²) in [5, 5.41) is 14.7. The minimum Gasteiger partial charge on any atom is -0.390 e. The van der Waals surface area contributed by atoms with Gasteiger partial charge in [0.1, 0.15) is 5.56 Å². The van der Waals surface area contributed by atoms with Gasteiger partial charge in [0, 0.05) is 24.2 Å². The first-order valence-electron chi connectivity index (χ1n) is 7.17. The maximum atomic E-state index is 12.5. The molecule has 2 heterocycles. The van der Waals surface area contributed by atoms with Gasteiger partial charge in [-0.1, -0.05) is 24.3 Å². The van der Waals surface area contributed by atoms with Crippen LogP contribution in [0.25, 0.3) is 4.96 Å². The molecule has 0 bridgehead atoms. The summed E-state index contributed by atoms with van der Waals surface area (Å²) >= 11 is 1.33. The van der Waals surface area contributed by atoms with E-state index in [1.807, 2.05) is 24.3 Å². The second-order valence-corrected chi connectivity index (χ2v) is 6.33. The smallest absolute Gasteiger partial charge is 0.271 e. The monoisotopic (exact) mass is 327 g/mol. The summed E-state index contributed by atoms with van der Waals surface area (Å²) in [7, 11) is 0. The average molecular weight is 327 g/mol. The number of aliphatic hydroxyl groups excluding tert-OH is 1. The van der Waals surface area contributed by atoms with Crippen LogP contribution < -0.4 is 10.9 Å². The van der Waals surface area contributed by atoms with E-state index < -0.39 is 23.6 Å². The van der Waals surface area contributed by atoms with Gasteiger partial charge in [-0.2, -0.15) is 0 Å². The Labute approximate surface area is 135 Å². The zero-order chi connectivity index (χ0) is 16.0. The molecule has 0 aliphatic heterocycles. The quantitative estimate of drug-likeness (QED) is 0.739. The van der Waals surface area contributed by atoms with Crippen molar-refractivity contribution in [2.24, 2.45) is 0 Å². The molecule has 2 atom stereocenters. The molecule has 0 saturated heterocycles. The van der Waals surface area contributed by atoms with Crippen LogP contribution in [0.2, 0.25) is 0 Å². The lowest BCUT2D eigenvalue weighted by Crippen LogP contribution is -2.37. The number of amides is 1. The fraction of sp³-hybridized carbons (Fsp3) is 0.188. The van der Waals surface area contributed by atoms with E-state index in [2.05, 4.69) is 10.3 Å². The van der Waals surface area contributed by atoms with E-state index >= 15 is 0 Å². The van der Waals surface area contributed by atoms with Crippen LogP contribution in [0.15, 0.2) is 46.8 Å². The number of nitrogens with zero attached hydrogens (tertiary/aromatic N) is 2. The molecule has 4 rings (SSSR count). The third kappa shape index (κ3) is 2.25. The maximum absolute atomic E-state index is 12.5. The van der Waals surface area contributed by atoms with Crippen LogP contribution in [0.3, 0.4) is 0 Å². The van der Waals surface area contributed by atoms with Crippen LogP contribution in [0.5, 0.6) is 0 Å². The summed E-state index contributed by atoms with van der Waals surface area (Å²) in [6.45, 7) is 0. The number of aromatic nitrogens is 2. The lowest BCUT2D eigenvalue weighted by molar-refractivity contribution is 0.0856. The van der Waals surface area contributed by atoms with Gasteiger partial charge in [0.05, 0.1) is 12.1 Å². The first-order valence-corrected chi connectivity index (χ1v) is 8.04. The van der Waals surface area contributed by atoms with Crippen molar-refractivity contribution in [2.75, 3.05) is 0 Å². The van der Waals surface area contributed by atoms with Crippen LogP contribution in [0.4, 0.5) is 0 Å². The van der Waals surface area contributed by atoms with Gasteiger partial charge in [-0.25, -0.2) is 4.98 Å². The van der Waals surface area contributed by atoms with E-state index in [0.29, 0.717) is 11.4 Å². The van der Waals surface area contributed by atoms with Crippen LogP contribution >= 0.6 is 11.3 Å². The second-order valence-electron chi connectivity index (χ2n) is 5.45. The van der Waals surface area contributed by atoms with Crippen molar-refractivity contribution in [2.45, 2.75) is 18.6 Å². The predicted molar refractivity (Wildman–Crippen MR) is 85.7 cm³/mol. The molecule has 1 aromatic carbocycles.